The maximum Gasteiger partial charge on any atom is 0.310 e. The van der Waals surface area contributed by atoms with Crippen molar-refractivity contribution < 1.29 is 19.1 Å². The molecule has 3 atom stereocenters. The number of hydrogen-bond donors (Lipinski definition) is 0. The van der Waals surface area contributed by atoms with Crippen LogP contribution >= 0.6 is 0 Å². The van der Waals surface area contributed by atoms with E-state index in [1.54, 1.807) is 6.92 Å². The number of cyclic esters (lactones) is 1. The van der Waals surface area contributed by atoms with Crippen LogP contribution in [0.25, 0.3) is 0 Å². The van der Waals surface area contributed by atoms with Crippen molar-refractivity contribution in [2.45, 2.75) is 20.3 Å². The Balaban J connectivity index is 2.25. The first-order chi connectivity index (χ1) is 7.65. The van der Waals surface area contributed by atoms with E-state index in [1.807, 2.05) is 13.0 Å². The summed E-state index contributed by atoms with van der Waals surface area (Å²) in [5.41, 5.74) is 1.13. The maximum absolute atomic E-state index is 11.8. The van der Waals surface area contributed by atoms with Gasteiger partial charge < -0.3 is 9.47 Å². The second kappa shape index (κ2) is 4.28. The van der Waals surface area contributed by atoms with Crippen molar-refractivity contribution in [3.8, 4) is 0 Å². The van der Waals surface area contributed by atoms with Crippen LogP contribution in [0.5, 0.6) is 0 Å². The molecular formula is C12H16O4. The van der Waals surface area contributed by atoms with Gasteiger partial charge in [0, 0.05) is 5.92 Å². The predicted octanol–water partition coefficient (Wildman–Crippen LogP) is 1.30. The number of rotatable bonds is 2. The molecule has 1 fully saturated rings. The normalized spacial score (nSPS) is 32.8. The van der Waals surface area contributed by atoms with Gasteiger partial charge in [0.1, 0.15) is 0 Å². The third kappa shape index (κ3) is 1.72. The minimum absolute atomic E-state index is 0.00972. The molecule has 0 aromatic rings. The SMILES string of the molecule is CCOC(=O)[C@H]1[C@H]2CC=C(C)[C@@H]1COC2=O. The van der Waals surface area contributed by atoms with E-state index >= 15 is 0 Å². The summed E-state index contributed by atoms with van der Waals surface area (Å²) in [5.74, 6) is -1.21. The summed E-state index contributed by atoms with van der Waals surface area (Å²) in [5, 5.41) is 0. The third-order valence-corrected chi connectivity index (χ3v) is 3.41. The molecule has 0 unspecified atom stereocenters. The Morgan fingerprint density at radius 3 is 3.00 bits per heavy atom. The van der Waals surface area contributed by atoms with Crippen LogP contribution < -0.4 is 0 Å². The molecule has 0 saturated carbocycles. The van der Waals surface area contributed by atoms with Crippen molar-refractivity contribution in [2.24, 2.45) is 17.8 Å². The Bertz CT molecular complexity index is 343. The molecule has 1 aliphatic carbocycles. The molecule has 2 aliphatic rings. The van der Waals surface area contributed by atoms with E-state index in [9.17, 15) is 9.59 Å². The average Bonchev–Trinajstić information content (AvgIpc) is 2.26. The van der Waals surface area contributed by atoms with Crippen LogP contribution in [0.2, 0.25) is 0 Å². The lowest BCUT2D eigenvalue weighted by molar-refractivity contribution is -0.173. The Morgan fingerprint density at radius 2 is 2.31 bits per heavy atom. The van der Waals surface area contributed by atoms with Crippen LogP contribution in [-0.2, 0) is 19.1 Å². The van der Waals surface area contributed by atoms with E-state index in [2.05, 4.69) is 0 Å². The maximum atomic E-state index is 11.8. The van der Waals surface area contributed by atoms with Gasteiger partial charge in [0.05, 0.1) is 25.0 Å². The Kier molecular flexibility index (Phi) is 2.99. The lowest BCUT2D eigenvalue weighted by Crippen LogP contribution is -2.46. The molecule has 1 aliphatic heterocycles. The molecule has 0 spiro atoms. The van der Waals surface area contributed by atoms with Crippen molar-refractivity contribution in [2.75, 3.05) is 13.2 Å². The molecule has 1 saturated heterocycles. The second-order valence-corrected chi connectivity index (χ2v) is 4.30. The summed E-state index contributed by atoms with van der Waals surface area (Å²) in [6.07, 6.45) is 2.62. The number of ether oxygens (including phenoxy) is 2. The van der Waals surface area contributed by atoms with E-state index in [4.69, 9.17) is 9.47 Å². The number of allylic oxidation sites excluding steroid dienone is 1. The summed E-state index contributed by atoms with van der Waals surface area (Å²) >= 11 is 0. The van der Waals surface area contributed by atoms with Crippen molar-refractivity contribution in [3.05, 3.63) is 11.6 Å². The van der Waals surface area contributed by atoms with Crippen LogP contribution in [0.15, 0.2) is 11.6 Å². The first-order valence-corrected chi connectivity index (χ1v) is 5.65. The van der Waals surface area contributed by atoms with Gasteiger partial charge in [-0.1, -0.05) is 11.6 Å². The van der Waals surface area contributed by atoms with Gasteiger partial charge in [-0.05, 0) is 20.3 Å². The summed E-state index contributed by atoms with van der Waals surface area (Å²) in [7, 11) is 0. The molecule has 0 radical (unpaired) electrons. The molecule has 0 aromatic carbocycles. The van der Waals surface area contributed by atoms with Crippen LogP contribution in [0, 0.1) is 17.8 Å². The quantitative estimate of drug-likeness (QED) is 0.524. The molecule has 0 N–H and O–H groups in total. The molecule has 0 amide bonds. The minimum atomic E-state index is -0.346. The van der Waals surface area contributed by atoms with Crippen LogP contribution in [0.3, 0.4) is 0 Å². The monoisotopic (exact) mass is 224 g/mol. The lowest BCUT2D eigenvalue weighted by Gasteiger charge is -2.38. The van der Waals surface area contributed by atoms with Crippen LogP contribution in [0.4, 0.5) is 0 Å². The predicted molar refractivity (Wildman–Crippen MR) is 56.4 cm³/mol. The summed E-state index contributed by atoms with van der Waals surface area (Å²) in [4.78, 5) is 23.4. The van der Waals surface area contributed by atoms with E-state index < -0.39 is 0 Å². The standard InChI is InChI=1S/C12H16O4/c1-3-15-12(14)10-8-5-4-7(2)9(10)6-16-11(8)13/h4,8-10H,3,5-6H2,1-2H3/t8-,9+,10+/m1/s1. The first-order valence-electron chi connectivity index (χ1n) is 5.65. The molecular weight excluding hydrogens is 208 g/mol. The average molecular weight is 224 g/mol. The molecule has 16 heavy (non-hydrogen) atoms. The zero-order valence-electron chi connectivity index (χ0n) is 9.56. The highest BCUT2D eigenvalue weighted by atomic mass is 16.5. The van der Waals surface area contributed by atoms with Gasteiger partial charge in [0.2, 0.25) is 0 Å². The summed E-state index contributed by atoms with van der Waals surface area (Å²) in [6.45, 7) is 4.41. The Labute approximate surface area is 94.6 Å². The lowest BCUT2D eigenvalue weighted by atomic mass is 9.71. The fourth-order valence-electron chi connectivity index (χ4n) is 2.50. The highest BCUT2D eigenvalue weighted by Gasteiger charge is 2.47. The van der Waals surface area contributed by atoms with Gasteiger partial charge in [-0.3, -0.25) is 9.59 Å². The molecule has 2 bridgehead atoms. The summed E-state index contributed by atoms with van der Waals surface area (Å²) in [6, 6.07) is 0. The first kappa shape index (κ1) is 11.2. The fourth-order valence-corrected chi connectivity index (χ4v) is 2.50. The van der Waals surface area contributed by atoms with Crippen molar-refractivity contribution >= 4 is 11.9 Å². The molecule has 0 aromatic heterocycles. The molecule has 4 heteroatoms. The molecule has 1 heterocycles. The van der Waals surface area contributed by atoms with Crippen molar-refractivity contribution in [1.82, 2.24) is 0 Å². The highest BCUT2D eigenvalue weighted by Crippen LogP contribution is 2.40. The largest absolute Gasteiger partial charge is 0.466 e. The molecule has 2 rings (SSSR count). The molecule has 88 valence electrons. The zero-order chi connectivity index (χ0) is 11.7. The number of hydrogen-bond acceptors (Lipinski definition) is 4. The van der Waals surface area contributed by atoms with Crippen molar-refractivity contribution in [1.29, 1.82) is 0 Å². The fraction of sp³-hybridized carbons (Fsp3) is 0.667. The van der Waals surface area contributed by atoms with Gasteiger partial charge in [-0.25, -0.2) is 0 Å². The van der Waals surface area contributed by atoms with Crippen LogP contribution in [-0.4, -0.2) is 25.2 Å². The van der Waals surface area contributed by atoms with Crippen molar-refractivity contribution in [3.63, 3.8) is 0 Å². The van der Waals surface area contributed by atoms with Gasteiger partial charge >= 0.3 is 11.9 Å². The topological polar surface area (TPSA) is 52.6 Å². The molecule has 4 nitrogen and oxygen atoms in total. The van der Waals surface area contributed by atoms with E-state index in [-0.39, 0.29) is 29.7 Å². The van der Waals surface area contributed by atoms with E-state index in [0.717, 1.165) is 5.57 Å². The zero-order valence-corrected chi connectivity index (χ0v) is 9.56. The Morgan fingerprint density at radius 1 is 1.56 bits per heavy atom. The van der Waals surface area contributed by atoms with Crippen LogP contribution in [0.1, 0.15) is 20.3 Å². The number of carbonyl (C=O) groups is 2. The number of carbonyl (C=O) groups excluding carboxylic acids is 2. The second-order valence-electron chi connectivity index (χ2n) is 4.30. The van der Waals surface area contributed by atoms with E-state index in [0.29, 0.717) is 19.6 Å². The Hall–Kier alpha value is -1.32. The van der Waals surface area contributed by atoms with Gasteiger partial charge in [-0.2, -0.15) is 0 Å². The smallest absolute Gasteiger partial charge is 0.310 e. The van der Waals surface area contributed by atoms with E-state index in [1.165, 1.54) is 0 Å². The van der Waals surface area contributed by atoms with Gasteiger partial charge in [-0.15, -0.1) is 0 Å². The number of fused-ring (bicyclic) bond motifs is 2. The summed E-state index contributed by atoms with van der Waals surface area (Å²) < 4.78 is 10.1. The third-order valence-electron chi connectivity index (χ3n) is 3.41. The minimum Gasteiger partial charge on any atom is -0.466 e. The van der Waals surface area contributed by atoms with Gasteiger partial charge in [0.25, 0.3) is 0 Å². The highest BCUT2D eigenvalue weighted by molar-refractivity contribution is 5.84. The van der Waals surface area contributed by atoms with Gasteiger partial charge in [0.15, 0.2) is 0 Å². The number of esters is 2.